The minimum Gasteiger partial charge on any atom is -0.176 e. The Morgan fingerprint density at radius 2 is 1.57 bits per heavy atom. The lowest BCUT2D eigenvalue weighted by Gasteiger charge is -2.56. The summed E-state index contributed by atoms with van der Waals surface area (Å²) in [6.45, 7) is 7.07. The first-order valence-electron chi connectivity index (χ1n) is 10.5. The zero-order chi connectivity index (χ0) is 19.6. The third kappa shape index (κ3) is 3.08. The number of hydrogen-bond acceptors (Lipinski definition) is 0. The van der Waals surface area contributed by atoms with E-state index in [0.717, 1.165) is 0 Å². The van der Waals surface area contributed by atoms with Crippen molar-refractivity contribution in [2.75, 3.05) is 0 Å². The van der Waals surface area contributed by atoms with Crippen molar-refractivity contribution < 1.29 is 0 Å². The predicted molar refractivity (Wildman–Crippen MR) is 125 cm³/mol. The zero-order valence-electron chi connectivity index (χ0n) is 17.2. The smallest absolute Gasteiger partial charge is 0.0312 e. The van der Waals surface area contributed by atoms with Crippen LogP contribution in [0.15, 0.2) is 102 Å². The summed E-state index contributed by atoms with van der Waals surface area (Å²) < 4.78 is 0. The third-order valence-electron chi connectivity index (χ3n) is 6.56. The van der Waals surface area contributed by atoms with Crippen LogP contribution in [0.4, 0.5) is 0 Å². The Balaban J connectivity index is 2.12. The Bertz CT molecular complexity index is 961. The molecule has 0 N–H and O–H groups in total. The van der Waals surface area contributed by atoms with Crippen molar-refractivity contribution in [1.82, 2.24) is 0 Å². The van der Waals surface area contributed by atoms with Gasteiger partial charge in [0, 0.05) is 0 Å². The molecule has 0 bridgehead atoms. The monoisotopic (exact) mass is 382 g/mol. The molecule has 0 aliphatic heterocycles. The highest BCUT2D eigenvalue weighted by Crippen LogP contribution is 2.42. The van der Waals surface area contributed by atoms with Gasteiger partial charge in [0.05, 0.1) is 0 Å². The van der Waals surface area contributed by atoms with Gasteiger partial charge in [0.25, 0.3) is 0 Å². The molecule has 143 valence electrons. The molecular weight excluding hydrogens is 352 g/mol. The summed E-state index contributed by atoms with van der Waals surface area (Å²) in [5, 5.41) is 4.72. The van der Waals surface area contributed by atoms with Crippen molar-refractivity contribution in [2.24, 2.45) is 5.92 Å². The molecule has 0 saturated heterocycles. The van der Waals surface area contributed by atoms with E-state index in [9.17, 15) is 0 Å². The van der Waals surface area contributed by atoms with Crippen LogP contribution >= 0.6 is 0 Å². The van der Waals surface area contributed by atoms with E-state index < -0.39 is 8.07 Å². The Morgan fingerprint density at radius 3 is 2.29 bits per heavy atom. The summed E-state index contributed by atoms with van der Waals surface area (Å²) in [4.78, 5) is 0. The lowest BCUT2D eigenvalue weighted by atomic mass is 10.0. The van der Waals surface area contributed by atoms with E-state index in [-0.39, 0.29) is 0 Å². The lowest BCUT2D eigenvalue weighted by Crippen LogP contribution is -2.65. The summed E-state index contributed by atoms with van der Waals surface area (Å²) in [5.41, 5.74) is 3.51. The highest BCUT2D eigenvalue weighted by Gasteiger charge is 2.37. The Labute approximate surface area is 171 Å². The molecule has 0 spiro atoms. The number of allylic oxidation sites excluding steroid dienone is 8. The topological polar surface area (TPSA) is 0 Å². The van der Waals surface area contributed by atoms with Gasteiger partial charge in [-0.3, -0.25) is 0 Å². The second-order valence-electron chi connectivity index (χ2n) is 8.28. The molecule has 0 radical (unpaired) electrons. The largest absolute Gasteiger partial charge is 0.176 e. The maximum Gasteiger partial charge on any atom is -0.0312 e. The number of aryl methyl sites for hydroxylation is 1. The molecule has 2 aromatic rings. The quantitative estimate of drug-likeness (QED) is 0.578. The highest BCUT2D eigenvalue weighted by atomic mass is 28.3. The van der Waals surface area contributed by atoms with Crippen LogP contribution in [-0.2, 0) is 0 Å². The Morgan fingerprint density at radius 1 is 0.857 bits per heavy atom. The molecule has 0 aromatic heterocycles. The van der Waals surface area contributed by atoms with Crippen molar-refractivity contribution in [1.29, 1.82) is 0 Å². The molecule has 2 aliphatic carbocycles. The average molecular weight is 383 g/mol. The van der Waals surface area contributed by atoms with Gasteiger partial charge in [0.1, 0.15) is 0 Å². The van der Waals surface area contributed by atoms with Gasteiger partial charge in [-0.25, -0.2) is 0 Å². The van der Waals surface area contributed by atoms with Crippen LogP contribution in [0.3, 0.4) is 0 Å². The van der Waals surface area contributed by atoms with Gasteiger partial charge in [-0.15, -0.1) is 17.2 Å². The normalized spacial score (nSPS) is 23.7. The summed E-state index contributed by atoms with van der Waals surface area (Å²) in [5.74, 6) is 0.520. The lowest BCUT2D eigenvalue weighted by molar-refractivity contribution is 0.718. The van der Waals surface area contributed by atoms with Crippen molar-refractivity contribution in [2.45, 2.75) is 39.2 Å². The van der Waals surface area contributed by atoms with Crippen LogP contribution in [0.25, 0.3) is 0 Å². The van der Waals surface area contributed by atoms with Crippen LogP contribution in [0.2, 0.25) is 5.54 Å². The summed E-state index contributed by atoms with van der Waals surface area (Å²) >= 11 is 0. The molecule has 2 aromatic carbocycles. The van der Waals surface area contributed by atoms with E-state index in [1.165, 1.54) is 23.6 Å². The molecule has 0 saturated carbocycles. The SMILES string of the molecule is CC1=C([Si-](c2ccccc2)(c2ccccc2C)C2C=CC=CC2C)C=CCC1. The molecule has 4 rings (SSSR count). The minimum atomic E-state index is -2.26. The molecular formula is C27H30Si-. The van der Waals surface area contributed by atoms with E-state index in [0.29, 0.717) is 11.5 Å². The number of rotatable bonds is 4. The van der Waals surface area contributed by atoms with Crippen molar-refractivity contribution >= 4 is 18.4 Å². The molecule has 2 aliphatic rings. The summed E-state index contributed by atoms with van der Waals surface area (Å²) in [6.07, 6.45) is 16.6. The number of hydrogen-bond donors (Lipinski definition) is 0. The molecule has 0 nitrogen and oxygen atoms in total. The zero-order valence-corrected chi connectivity index (χ0v) is 18.2. The molecule has 0 amide bonds. The predicted octanol–water partition coefficient (Wildman–Crippen LogP) is 5.90. The van der Waals surface area contributed by atoms with Crippen LogP contribution in [0.1, 0.15) is 32.3 Å². The molecule has 28 heavy (non-hydrogen) atoms. The molecule has 0 fully saturated rings. The summed E-state index contributed by atoms with van der Waals surface area (Å²) in [7, 11) is -2.26. The van der Waals surface area contributed by atoms with E-state index >= 15 is 0 Å². The van der Waals surface area contributed by atoms with E-state index in [1.54, 1.807) is 16.0 Å². The first-order valence-corrected chi connectivity index (χ1v) is 12.6. The Hall–Kier alpha value is -2.38. The maximum absolute atomic E-state index is 2.50. The van der Waals surface area contributed by atoms with Crippen LogP contribution < -0.4 is 10.4 Å². The fourth-order valence-electron chi connectivity index (χ4n) is 5.23. The van der Waals surface area contributed by atoms with Crippen molar-refractivity contribution in [3.8, 4) is 0 Å². The molecule has 1 heteroatoms. The van der Waals surface area contributed by atoms with E-state index in [2.05, 4.69) is 112 Å². The van der Waals surface area contributed by atoms with Gasteiger partial charge in [0.2, 0.25) is 0 Å². The standard InChI is InChI=1S/C27H30Si/c1-21-13-7-10-18-25(21)28(24-16-5-4-6-17-24,26-19-11-8-14-22(26)2)27-20-12-9-15-23(27)3/h4-8,10-14,16-21,25H,9,15H2,1-3H3/q-1. The van der Waals surface area contributed by atoms with Gasteiger partial charge in [0.15, 0.2) is 0 Å². The van der Waals surface area contributed by atoms with Gasteiger partial charge in [-0.2, -0.15) is 15.6 Å². The maximum atomic E-state index is 2.50. The van der Waals surface area contributed by atoms with E-state index in [1.807, 2.05) is 0 Å². The summed E-state index contributed by atoms with van der Waals surface area (Å²) in [6, 6.07) is 20.5. The van der Waals surface area contributed by atoms with Gasteiger partial charge in [-0.05, 0) is 40.7 Å². The highest BCUT2D eigenvalue weighted by molar-refractivity contribution is 7.09. The second kappa shape index (κ2) is 7.93. The Kier molecular flexibility index (Phi) is 5.37. The van der Waals surface area contributed by atoms with E-state index in [4.69, 9.17) is 0 Å². The first-order chi connectivity index (χ1) is 13.7. The molecule has 3 atom stereocenters. The fourth-order valence-corrected chi connectivity index (χ4v) is 11.5. The fraction of sp³-hybridized carbons (Fsp3) is 0.259. The first kappa shape index (κ1) is 19.0. The van der Waals surface area contributed by atoms with Gasteiger partial charge >= 0.3 is 0 Å². The van der Waals surface area contributed by atoms with Gasteiger partial charge in [-0.1, -0.05) is 97.5 Å². The molecule has 0 heterocycles. The van der Waals surface area contributed by atoms with Crippen LogP contribution in [0.5, 0.6) is 0 Å². The third-order valence-corrected chi connectivity index (χ3v) is 12.4. The van der Waals surface area contributed by atoms with Gasteiger partial charge < -0.3 is 0 Å². The van der Waals surface area contributed by atoms with Crippen molar-refractivity contribution in [3.05, 3.63) is 107 Å². The number of benzene rings is 2. The van der Waals surface area contributed by atoms with Crippen LogP contribution in [-0.4, -0.2) is 8.07 Å². The second-order valence-corrected chi connectivity index (χ2v) is 12.2. The van der Waals surface area contributed by atoms with Crippen LogP contribution in [0, 0.1) is 12.8 Å². The minimum absolute atomic E-state index is 0.508. The molecule has 3 unspecified atom stereocenters. The van der Waals surface area contributed by atoms with Crippen molar-refractivity contribution in [3.63, 3.8) is 0 Å². The average Bonchev–Trinajstić information content (AvgIpc) is 2.73.